The van der Waals surface area contributed by atoms with Crippen LogP contribution in [0.5, 0.6) is 0 Å². The predicted molar refractivity (Wildman–Crippen MR) is 131 cm³/mol. The Balaban J connectivity index is 2.10. The summed E-state index contributed by atoms with van der Waals surface area (Å²) in [7, 11) is 1.30. The molecule has 0 saturated carbocycles. The lowest BCUT2D eigenvalue weighted by molar-refractivity contribution is -0.153. The van der Waals surface area contributed by atoms with Crippen molar-refractivity contribution in [2.24, 2.45) is 29.6 Å². The van der Waals surface area contributed by atoms with Gasteiger partial charge in [-0.1, -0.05) is 27.7 Å². The van der Waals surface area contributed by atoms with E-state index in [0.717, 1.165) is 0 Å². The average molecular weight is 516 g/mol. The number of carboxylic acid groups (broad SMARTS) is 1. The van der Waals surface area contributed by atoms with Crippen molar-refractivity contribution >= 4 is 34.8 Å². The molecule has 3 rings (SSSR count). The number of ether oxygens (including phenoxy) is 3. The van der Waals surface area contributed by atoms with E-state index < -0.39 is 53.9 Å². The molecule has 3 heterocycles. The Kier molecular flexibility index (Phi) is 8.70. The second kappa shape index (κ2) is 11.6. The quantitative estimate of drug-likeness (QED) is 0.444. The third kappa shape index (κ3) is 5.83. The number of nitrogen functional groups attached to an aromatic ring is 1. The molecular weight excluding hydrogens is 482 g/mol. The minimum absolute atomic E-state index is 0.0882. The molecule has 0 amide bonds. The monoisotopic (exact) mass is 515 g/mol. The number of nitrogens with zero attached hydrogens (tertiary/aromatic N) is 4. The van der Waals surface area contributed by atoms with Gasteiger partial charge >= 0.3 is 17.9 Å². The molecule has 0 bridgehead atoms. The highest BCUT2D eigenvalue weighted by atomic mass is 16.6. The molecule has 2 aromatic rings. The van der Waals surface area contributed by atoms with Gasteiger partial charge in [0.2, 0.25) is 0 Å². The highest BCUT2D eigenvalue weighted by Gasteiger charge is 2.48. The van der Waals surface area contributed by atoms with Crippen LogP contribution in [0.1, 0.15) is 52.3 Å². The number of hydrogen-bond donors (Lipinski definition) is 2. The minimum atomic E-state index is -0.972. The van der Waals surface area contributed by atoms with Crippen LogP contribution in [0.15, 0.2) is 12.5 Å². The summed E-state index contributed by atoms with van der Waals surface area (Å²) in [6.07, 6.45) is 1.95. The summed E-state index contributed by atoms with van der Waals surface area (Å²) in [5.41, 5.74) is 6.66. The van der Waals surface area contributed by atoms with Gasteiger partial charge in [0.25, 0.3) is 0 Å². The fraction of sp³-hybridized carbons (Fsp3) is 0.600. The molecule has 200 valence electrons. The Bertz CT molecular complexity index is 1200. The molecule has 2 aromatic heterocycles. The predicted octanol–water partition coefficient (Wildman–Crippen LogP) is 2.52. The molecular formula is C25H33N5O7. The lowest BCUT2D eigenvalue weighted by Gasteiger charge is -2.28. The van der Waals surface area contributed by atoms with E-state index in [-0.39, 0.29) is 30.3 Å². The van der Waals surface area contributed by atoms with Gasteiger partial charge in [0.15, 0.2) is 0 Å². The van der Waals surface area contributed by atoms with Crippen LogP contribution in [0.4, 0.5) is 5.82 Å². The minimum Gasteiger partial charge on any atom is -0.481 e. The highest BCUT2D eigenvalue weighted by Crippen LogP contribution is 2.47. The number of rotatable bonds is 10. The number of aliphatic carboxylic acids is 1. The number of esters is 2. The smallest absolute Gasteiger partial charge is 0.308 e. The fourth-order valence-corrected chi connectivity index (χ4v) is 4.85. The van der Waals surface area contributed by atoms with E-state index in [1.54, 1.807) is 38.5 Å². The number of aromatic nitrogens is 3. The van der Waals surface area contributed by atoms with Gasteiger partial charge in [-0.05, 0) is 18.8 Å². The number of methoxy groups -OCH3 is 1. The van der Waals surface area contributed by atoms with Crippen LogP contribution in [-0.2, 0) is 28.6 Å². The second-order valence-corrected chi connectivity index (χ2v) is 9.83. The van der Waals surface area contributed by atoms with Crippen molar-refractivity contribution in [3.8, 4) is 6.07 Å². The zero-order chi connectivity index (χ0) is 27.4. The Labute approximate surface area is 214 Å². The first-order valence-electron chi connectivity index (χ1n) is 12.1. The largest absolute Gasteiger partial charge is 0.481 e. The molecule has 37 heavy (non-hydrogen) atoms. The molecule has 0 radical (unpaired) electrons. The number of nitrogens with two attached hydrogens (primary N) is 1. The molecule has 1 aliphatic heterocycles. The van der Waals surface area contributed by atoms with Gasteiger partial charge in [-0.25, -0.2) is 9.97 Å². The van der Waals surface area contributed by atoms with Crippen LogP contribution in [-0.4, -0.2) is 57.4 Å². The van der Waals surface area contributed by atoms with Crippen molar-refractivity contribution in [1.82, 2.24) is 14.5 Å². The normalized spacial score (nSPS) is 22.9. The molecule has 6 atom stereocenters. The zero-order valence-electron chi connectivity index (χ0n) is 21.6. The number of hydrogen-bond acceptors (Lipinski definition) is 10. The third-order valence-corrected chi connectivity index (χ3v) is 6.88. The molecule has 1 aliphatic rings. The van der Waals surface area contributed by atoms with Crippen molar-refractivity contribution in [2.45, 2.75) is 52.9 Å². The standard InChI is InChI=1S/C25H33N5O7/c1-12(2)24(33)36-10-18-16(6-13(3)23(31)32)17(7-14(4)25(34)35-5)22(37-18)30-9-15(8-26)19-20(27)28-11-29-21(19)30/h9,11-14,16-18,22H,6-7,10H2,1-5H3,(H,31,32)(H2,27,28,29)/t13?,14-,16?,17-,18?,22?/m1/s1. The topological polar surface area (TPSA) is 180 Å². The zero-order valence-corrected chi connectivity index (χ0v) is 21.6. The van der Waals surface area contributed by atoms with E-state index in [4.69, 9.17) is 19.9 Å². The second-order valence-electron chi connectivity index (χ2n) is 9.83. The molecule has 12 heteroatoms. The number of anilines is 1. The molecule has 4 unspecified atom stereocenters. The Morgan fingerprint density at radius 3 is 2.43 bits per heavy atom. The first-order chi connectivity index (χ1) is 17.5. The maximum absolute atomic E-state index is 12.3. The Hall–Kier alpha value is -3.72. The number of fused-ring (bicyclic) bond motifs is 1. The average Bonchev–Trinajstić information content (AvgIpc) is 3.40. The van der Waals surface area contributed by atoms with Crippen LogP contribution in [0.3, 0.4) is 0 Å². The number of nitriles is 1. The summed E-state index contributed by atoms with van der Waals surface area (Å²) < 4.78 is 18.5. The van der Waals surface area contributed by atoms with E-state index in [9.17, 15) is 24.8 Å². The lowest BCUT2D eigenvalue weighted by Crippen LogP contribution is -2.32. The van der Waals surface area contributed by atoms with Crippen molar-refractivity contribution < 1.29 is 33.7 Å². The summed E-state index contributed by atoms with van der Waals surface area (Å²) in [5.74, 6) is -4.07. The van der Waals surface area contributed by atoms with Crippen LogP contribution < -0.4 is 5.73 Å². The van der Waals surface area contributed by atoms with Gasteiger partial charge in [0.1, 0.15) is 36.7 Å². The van der Waals surface area contributed by atoms with Gasteiger partial charge in [0.05, 0.1) is 41.9 Å². The van der Waals surface area contributed by atoms with Crippen LogP contribution >= 0.6 is 0 Å². The molecule has 12 nitrogen and oxygen atoms in total. The van der Waals surface area contributed by atoms with E-state index in [1.807, 2.05) is 0 Å². The maximum Gasteiger partial charge on any atom is 0.308 e. The summed E-state index contributed by atoms with van der Waals surface area (Å²) >= 11 is 0. The van der Waals surface area contributed by atoms with Gasteiger partial charge in [-0.15, -0.1) is 0 Å². The molecule has 1 saturated heterocycles. The molecule has 3 N–H and O–H groups in total. The van der Waals surface area contributed by atoms with Gasteiger partial charge in [-0.2, -0.15) is 5.26 Å². The van der Waals surface area contributed by atoms with Crippen molar-refractivity contribution in [3.05, 3.63) is 18.1 Å². The molecule has 0 spiro atoms. The van der Waals surface area contributed by atoms with E-state index in [0.29, 0.717) is 17.5 Å². The highest BCUT2D eigenvalue weighted by molar-refractivity contribution is 5.92. The Morgan fingerprint density at radius 1 is 1.16 bits per heavy atom. The lowest BCUT2D eigenvalue weighted by atomic mass is 9.78. The van der Waals surface area contributed by atoms with Crippen LogP contribution in [0, 0.1) is 40.9 Å². The summed E-state index contributed by atoms with van der Waals surface area (Å²) in [4.78, 5) is 44.7. The van der Waals surface area contributed by atoms with Crippen molar-refractivity contribution in [1.29, 1.82) is 5.26 Å². The fourth-order valence-electron chi connectivity index (χ4n) is 4.85. The molecule has 1 fully saturated rings. The van der Waals surface area contributed by atoms with E-state index in [2.05, 4.69) is 16.0 Å². The summed E-state index contributed by atoms with van der Waals surface area (Å²) in [6, 6.07) is 2.10. The Morgan fingerprint density at radius 2 is 1.84 bits per heavy atom. The first kappa shape index (κ1) is 27.9. The van der Waals surface area contributed by atoms with Crippen LogP contribution in [0.25, 0.3) is 11.0 Å². The van der Waals surface area contributed by atoms with Crippen LogP contribution in [0.2, 0.25) is 0 Å². The van der Waals surface area contributed by atoms with Gasteiger partial charge in [0, 0.05) is 12.1 Å². The van der Waals surface area contributed by atoms with E-state index in [1.165, 1.54) is 13.4 Å². The van der Waals surface area contributed by atoms with Gasteiger partial charge < -0.3 is 29.6 Å². The first-order valence-corrected chi connectivity index (χ1v) is 12.1. The van der Waals surface area contributed by atoms with E-state index >= 15 is 0 Å². The van der Waals surface area contributed by atoms with Crippen molar-refractivity contribution in [3.63, 3.8) is 0 Å². The SMILES string of the molecule is COC(=O)[C@H](C)C[C@@H]1C(CC(C)C(=O)O)C(COC(=O)C(C)C)OC1n1cc(C#N)c2c(N)ncnc21. The molecule has 0 aliphatic carbocycles. The molecule has 0 aromatic carbocycles. The van der Waals surface area contributed by atoms with Gasteiger partial charge in [-0.3, -0.25) is 14.4 Å². The number of carbonyl (C=O) groups excluding carboxylic acids is 2. The maximum atomic E-state index is 12.3. The number of carboxylic acids is 1. The summed E-state index contributed by atoms with van der Waals surface area (Å²) in [5, 5.41) is 19.7. The summed E-state index contributed by atoms with van der Waals surface area (Å²) in [6.45, 7) is 6.66. The number of carbonyl (C=O) groups is 3. The van der Waals surface area contributed by atoms with Crippen molar-refractivity contribution in [2.75, 3.05) is 19.5 Å². The third-order valence-electron chi connectivity index (χ3n) is 6.88.